The summed E-state index contributed by atoms with van der Waals surface area (Å²) in [6.07, 6.45) is 0. The Bertz CT molecular complexity index is 646. The number of anilines is 1. The van der Waals surface area contributed by atoms with Crippen molar-refractivity contribution in [3.8, 4) is 5.69 Å². The van der Waals surface area contributed by atoms with Crippen molar-refractivity contribution < 1.29 is 4.74 Å². The van der Waals surface area contributed by atoms with Crippen LogP contribution in [0.1, 0.15) is 12.6 Å². The number of rotatable bonds is 4. The van der Waals surface area contributed by atoms with Crippen LogP contribution in [0.25, 0.3) is 5.69 Å². The van der Waals surface area contributed by atoms with Gasteiger partial charge in [-0.15, -0.1) is 0 Å². The van der Waals surface area contributed by atoms with E-state index < -0.39 is 0 Å². The number of ether oxygens (including phenoxy) is 1. The zero-order chi connectivity index (χ0) is 14.0. The van der Waals surface area contributed by atoms with Gasteiger partial charge in [0, 0.05) is 18.1 Å². The molecule has 5 nitrogen and oxygen atoms in total. The molecule has 0 aliphatic rings. The van der Waals surface area contributed by atoms with Crippen molar-refractivity contribution in [3.63, 3.8) is 0 Å². The Morgan fingerprint density at radius 2 is 2.16 bits per heavy atom. The van der Waals surface area contributed by atoms with E-state index in [9.17, 15) is 4.79 Å². The number of benzene rings is 1. The molecule has 0 atom stereocenters. The summed E-state index contributed by atoms with van der Waals surface area (Å²) in [5.41, 5.74) is 7.40. The third kappa shape index (κ3) is 2.46. The van der Waals surface area contributed by atoms with Crippen LogP contribution < -0.4 is 11.3 Å². The second-order valence-electron chi connectivity index (χ2n) is 4.11. The lowest BCUT2D eigenvalue weighted by atomic mass is 10.3. The SMILES string of the molecule is CCn1c(COC)c(N)c(=O)n1-c1cccc(Br)c1. The maximum absolute atomic E-state index is 12.3. The molecule has 2 aromatic rings. The van der Waals surface area contributed by atoms with E-state index in [1.807, 2.05) is 35.9 Å². The van der Waals surface area contributed by atoms with Gasteiger partial charge in [0.15, 0.2) is 0 Å². The number of hydrogen-bond donors (Lipinski definition) is 1. The zero-order valence-electron chi connectivity index (χ0n) is 10.9. The van der Waals surface area contributed by atoms with Crippen molar-refractivity contribution >= 4 is 21.6 Å². The highest BCUT2D eigenvalue weighted by Gasteiger charge is 2.17. The number of aromatic nitrogens is 2. The molecule has 19 heavy (non-hydrogen) atoms. The number of nitrogen functional groups attached to an aromatic ring is 1. The van der Waals surface area contributed by atoms with Crippen molar-refractivity contribution in [2.45, 2.75) is 20.1 Å². The van der Waals surface area contributed by atoms with Crippen LogP contribution in [0.15, 0.2) is 33.5 Å². The van der Waals surface area contributed by atoms with Crippen molar-refractivity contribution in [2.24, 2.45) is 0 Å². The van der Waals surface area contributed by atoms with E-state index in [-0.39, 0.29) is 11.2 Å². The fraction of sp³-hybridized carbons (Fsp3) is 0.308. The van der Waals surface area contributed by atoms with Gasteiger partial charge in [-0.25, -0.2) is 4.68 Å². The molecular formula is C13H16BrN3O2. The Morgan fingerprint density at radius 1 is 1.42 bits per heavy atom. The molecule has 0 saturated heterocycles. The summed E-state index contributed by atoms with van der Waals surface area (Å²) in [6, 6.07) is 7.54. The molecule has 102 valence electrons. The van der Waals surface area contributed by atoms with Gasteiger partial charge in [0.1, 0.15) is 5.69 Å². The number of methoxy groups -OCH3 is 1. The molecule has 1 aromatic carbocycles. The van der Waals surface area contributed by atoms with Crippen molar-refractivity contribution in [3.05, 3.63) is 44.8 Å². The van der Waals surface area contributed by atoms with Crippen LogP contribution in [0.2, 0.25) is 0 Å². The van der Waals surface area contributed by atoms with Crippen LogP contribution in [0.5, 0.6) is 0 Å². The molecule has 0 unspecified atom stereocenters. The number of halogens is 1. The van der Waals surface area contributed by atoms with Crippen LogP contribution in [-0.4, -0.2) is 16.5 Å². The van der Waals surface area contributed by atoms with Crippen LogP contribution in [0.4, 0.5) is 5.69 Å². The monoisotopic (exact) mass is 325 g/mol. The fourth-order valence-corrected chi connectivity index (χ4v) is 2.48. The molecule has 0 aliphatic heterocycles. The molecule has 2 N–H and O–H groups in total. The maximum Gasteiger partial charge on any atom is 0.294 e. The summed E-state index contributed by atoms with van der Waals surface area (Å²) >= 11 is 3.41. The highest BCUT2D eigenvalue weighted by Crippen LogP contribution is 2.18. The second kappa shape index (κ2) is 5.63. The molecule has 1 aromatic heterocycles. The smallest absolute Gasteiger partial charge is 0.294 e. The van der Waals surface area contributed by atoms with Crippen LogP contribution in [0.3, 0.4) is 0 Å². The third-order valence-corrected chi connectivity index (χ3v) is 3.41. The first-order valence-corrected chi connectivity index (χ1v) is 6.74. The van der Waals surface area contributed by atoms with Gasteiger partial charge in [0.25, 0.3) is 5.56 Å². The van der Waals surface area contributed by atoms with E-state index in [4.69, 9.17) is 10.5 Å². The fourth-order valence-electron chi connectivity index (χ4n) is 2.09. The van der Waals surface area contributed by atoms with Gasteiger partial charge in [-0.05, 0) is 25.1 Å². The number of nitrogens with zero attached hydrogens (tertiary/aromatic N) is 2. The Morgan fingerprint density at radius 3 is 2.74 bits per heavy atom. The summed E-state index contributed by atoms with van der Waals surface area (Å²) in [5, 5.41) is 0. The summed E-state index contributed by atoms with van der Waals surface area (Å²) in [6.45, 7) is 2.92. The number of hydrogen-bond acceptors (Lipinski definition) is 3. The third-order valence-electron chi connectivity index (χ3n) is 2.92. The highest BCUT2D eigenvalue weighted by atomic mass is 79.9. The largest absolute Gasteiger partial charge is 0.393 e. The molecule has 2 rings (SSSR count). The van der Waals surface area contributed by atoms with Crippen molar-refractivity contribution in [1.82, 2.24) is 9.36 Å². The van der Waals surface area contributed by atoms with E-state index in [1.165, 1.54) is 0 Å². The first-order chi connectivity index (χ1) is 9.10. The Labute approximate surface area is 119 Å². The van der Waals surface area contributed by atoms with E-state index in [0.29, 0.717) is 18.8 Å². The standard InChI is InChI=1S/C13H16BrN3O2/c1-3-16-11(8-19-2)12(15)13(18)17(16)10-6-4-5-9(14)7-10/h4-7H,3,8,15H2,1-2H3. The average Bonchev–Trinajstić information content (AvgIpc) is 2.63. The van der Waals surface area contributed by atoms with Crippen LogP contribution >= 0.6 is 15.9 Å². The topological polar surface area (TPSA) is 62.2 Å². The van der Waals surface area contributed by atoms with Gasteiger partial charge < -0.3 is 10.5 Å². The molecule has 0 bridgehead atoms. The summed E-state index contributed by atoms with van der Waals surface area (Å²) in [4.78, 5) is 12.3. The maximum atomic E-state index is 12.3. The highest BCUT2D eigenvalue weighted by molar-refractivity contribution is 9.10. The molecule has 0 spiro atoms. The predicted octanol–water partition coefficient (Wildman–Crippen LogP) is 2.15. The van der Waals surface area contributed by atoms with Crippen molar-refractivity contribution in [2.75, 3.05) is 12.8 Å². The lowest BCUT2D eigenvalue weighted by Crippen LogP contribution is -2.22. The lowest BCUT2D eigenvalue weighted by molar-refractivity contribution is 0.176. The molecule has 0 saturated carbocycles. The zero-order valence-corrected chi connectivity index (χ0v) is 12.5. The predicted molar refractivity (Wildman–Crippen MR) is 78.5 cm³/mol. The molecule has 1 heterocycles. The minimum absolute atomic E-state index is 0.216. The number of nitrogens with two attached hydrogens (primary N) is 1. The Kier molecular flexibility index (Phi) is 4.11. The van der Waals surface area contributed by atoms with Crippen LogP contribution in [-0.2, 0) is 17.9 Å². The minimum Gasteiger partial charge on any atom is -0.393 e. The van der Waals surface area contributed by atoms with E-state index in [0.717, 1.165) is 10.2 Å². The van der Waals surface area contributed by atoms with Gasteiger partial charge in [-0.3, -0.25) is 9.48 Å². The molecule has 0 aliphatic carbocycles. The quantitative estimate of drug-likeness (QED) is 0.936. The van der Waals surface area contributed by atoms with Crippen molar-refractivity contribution in [1.29, 1.82) is 0 Å². The van der Waals surface area contributed by atoms with Gasteiger partial charge in [-0.2, -0.15) is 0 Å². The van der Waals surface area contributed by atoms with Gasteiger partial charge in [-0.1, -0.05) is 22.0 Å². The van der Waals surface area contributed by atoms with E-state index in [1.54, 1.807) is 11.8 Å². The first-order valence-electron chi connectivity index (χ1n) is 5.95. The average molecular weight is 326 g/mol. The second-order valence-corrected chi connectivity index (χ2v) is 5.02. The molecule has 0 amide bonds. The Balaban J connectivity index is 2.70. The summed E-state index contributed by atoms with van der Waals surface area (Å²) in [5.74, 6) is 0. The Hall–Kier alpha value is -1.53. The van der Waals surface area contributed by atoms with Gasteiger partial charge >= 0.3 is 0 Å². The van der Waals surface area contributed by atoms with Gasteiger partial charge in [0.2, 0.25) is 0 Å². The van der Waals surface area contributed by atoms with E-state index in [2.05, 4.69) is 15.9 Å². The normalized spacial score (nSPS) is 10.9. The summed E-state index contributed by atoms with van der Waals surface area (Å²) < 4.78 is 9.44. The van der Waals surface area contributed by atoms with Crippen LogP contribution in [0, 0.1) is 0 Å². The minimum atomic E-state index is -0.216. The molecular weight excluding hydrogens is 310 g/mol. The molecule has 0 fully saturated rings. The molecule has 0 radical (unpaired) electrons. The van der Waals surface area contributed by atoms with Gasteiger partial charge in [0.05, 0.1) is 18.0 Å². The lowest BCUT2D eigenvalue weighted by Gasteiger charge is -2.12. The first kappa shape index (κ1) is 13.9. The molecule has 6 heteroatoms. The summed E-state index contributed by atoms with van der Waals surface area (Å²) in [7, 11) is 1.58. The van der Waals surface area contributed by atoms with E-state index >= 15 is 0 Å².